The molecule has 6 heteroatoms. The molecule has 0 spiro atoms. The SMILES string of the molecule is COc1ccc(OC)c(NC(=O)[C@H]2COc3ccccc3O2)c1. The van der Waals surface area contributed by atoms with Crippen LogP contribution < -0.4 is 24.3 Å². The van der Waals surface area contributed by atoms with Crippen LogP contribution in [-0.4, -0.2) is 32.8 Å². The molecule has 1 heterocycles. The predicted molar refractivity (Wildman–Crippen MR) is 84.5 cm³/mol. The standard InChI is InChI=1S/C17H17NO5/c1-20-11-7-8-13(21-2)12(9-11)18-17(19)16-10-22-14-5-3-4-6-15(14)23-16/h3-9,16H,10H2,1-2H3,(H,18,19)/t16-/m1/s1. The van der Waals surface area contributed by atoms with Crippen molar-refractivity contribution in [2.75, 3.05) is 26.1 Å². The lowest BCUT2D eigenvalue weighted by Crippen LogP contribution is -2.40. The van der Waals surface area contributed by atoms with Gasteiger partial charge in [0, 0.05) is 6.07 Å². The highest BCUT2D eigenvalue weighted by atomic mass is 16.6. The molecule has 0 saturated carbocycles. The van der Waals surface area contributed by atoms with E-state index in [9.17, 15) is 4.79 Å². The van der Waals surface area contributed by atoms with Gasteiger partial charge < -0.3 is 24.3 Å². The summed E-state index contributed by atoms with van der Waals surface area (Å²) in [6, 6.07) is 12.4. The molecular weight excluding hydrogens is 298 g/mol. The number of carbonyl (C=O) groups is 1. The van der Waals surface area contributed by atoms with Crippen molar-refractivity contribution in [2.24, 2.45) is 0 Å². The monoisotopic (exact) mass is 315 g/mol. The molecule has 0 fully saturated rings. The lowest BCUT2D eigenvalue weighted by atomic mass is 10.2. The van der Waals surface area contributed by atoms with E-state index in [1.807, 2.05) is 12.1 Å². The molecule has 0 aliphatic carbocycles. The number of hydrogen-bond donors (Lipinski definition) is 1. The largest absolute Gasteiger partial charge is 0.497 e. The zero-order valence-electron chi connectivity index (χ0n) is 12.9. The van der Waals surface area contributed by atoms with Crippen LogP contribution in [0.2, 0.25) is 0 Å². The third-order valence-corrected chi connectivity index (χ3v) is 3.47. The molecule has 0 aromatic heterocycles. The molecule has 1 atom stereocenters. The van der Waals surface area contributed by atoms with Gasteiger partial charge in [-0.1, -0.05) is 12.1 Å². The number of fused-ring (bicyclic) bond motifs is 1. The Hall–Kier alpha value is -2.89. The summed E-state index contributed by atoms with van der Waals surface area (Å²) in [6.07, 6.45) is -0.735. The topological polar surface area (TPSA) is 66.0 Å². The van der Waals surface area contributed by atoms with Gasteiger partial charge in [-0.25, -0.2) is 0 Å². The molecule has 2 aromatic carbocycles. The summed E-state index contributed by atoms with van der Waals surface area (Å²) in [7, 11) is 3.09. The quantitative estimate of drug-likeness (QED) is 0.939. The maximum atomic E-state index is 12.4. The second kappa shape index (κ2) is 6.48. The van der Waals surface area contributed by atoms with Crippen molar-refractivity contribution in [1.29, 1.82) is 0 Å². The fourth-order valence-corrected chi connectivity index (χ4v) is 2.27. The summed E-state index contributed by atoms with van der Waals surface area (Å²) in [5.74, 6) is 2.03. The van der Waals surface area contributed by atoms with E-state index >= 15 is 0 Å². The number of amides is 1. The molecule has 23 heavy (non-hydrogen) atoms. The average Bonchev–Trinajstić information content (AvgIpc) is 2.61. The Bertz CT molecular complexity index is 716. The summed E-state index contributed by atoms with van der Waals surface area (Å²) in [5, 5.41) is 2.79. The van der Waals surface area contributed by atoms with E-state index in [-0.39, 0.29) is 12.5 Å². The maximum Gasteiger partial charge on any atom is 0.269 e. The summed E-state index contributed by atoms with van der Waals surface area (Å²) in [5.41, 5.74) is 0.513. The van der Waals surface area contributed by atoms with Gasteiger partial charge in [-0.15, -0.1) is 0 Å². The molecule has 1 amide bonds. The molecular formula is C17H17NO5. The Kier molecular flexibility index (Phi) is 4.23. The van der Waals surface area contributed by atoms with Gasteiger partial charge in [-0.3, -0.25) is 4.79 Å². The summed E-state index contributed by atoms with van der Waals surface area (Å²) >= 11 is 0. The molecule has 0 radical (unpaired) electrons. The van der Waals surface area contributed by atoms with Crippen LogP contribution in [0.1, 0.15) is 0 Å². The van der Waals surface area contributed by atoms with Crippen molar-refractivity contribution < 1.29 is 23.7 Å². The minimum Gasteiger partial charge on any atom is -0.497 e. The van der Waals surface area contributed by atoms with Crippen molar-refractivity contribution in [3.63, 3.8) is 0 Å². The Morgan fingerprint density at radius 2 is 1.91 bits per heavy atom. The first kappa shape index (κ1) is 15.0. The normalized spacial score (nSPS) is 15.7. The van der Waals surface area contributed by atoms with Gasteiger partial charge in [0.15, 0.2) is 11.5 Å². The van der Waals surface area contributed by atoms with Gasteiger partial charge in [0.2, 0.25) is 6.10 Å². The Balaban J connectivity index is 1.75. The third-order valence-electron chi connectivity index (χ3n) is 3.47. The molecule has 1 aliphatic rings. The molecule has 0 bridgehead atoms. The maximum absolute atomic E-state index is 12.4. The first-order valence-corrected chi connectivity index (χ1v) is 7.12. The van der Waals surface area contributed by atoms with Gasteiger partial charge in [0.25, 0.3) is 5.91 Å². The summed E-state index contributed by atoms with van der Waals surface area (Å²) in [4.78, 5) is 12.4. The molecule has 0 saturated heterocycles. The Morgan fingerprint density at radius 1 is 1.13 bits per heavy atom. The minimum absolute atomic E-state index is 0.148. The van der Waals surface area contributed by atoms with Crippen LogP contribution in [0.15, 0.2) is 42.5 Å². The second-order valence-electron chi connectivity index (χ2n) is 4.92. The minimum atomic E-state index is -0.735. The van der Waals surface area contributed by atoms with Crippen molar-refractivity contribution in [2.45, 2.75) is 6.10 Å². The van der Waals surface area contributed by atoms with E-state index in [2.05, 4.69) is 5.32 Å². The third kappa shape index (κ3) is 3.15. The molecule has 120 valence electrons. The zero-order valence-corrected chi connectivity index (χ0v) is 12.9. The fourth-order valence-electron chi connectivity index (χ4n) is 2.27. The van der Waals surface area contributed by atoms with Crippen LogP contribution in [0.3, 0.4) is 0 Å². The van der Waals surface area contributed by atoms with E-state index in [1.54, 1.807) is 37.4 Å². The first-order valence-electron chi connectivity index (χ1n) is 7.12. The van der Waals surface area contributed by atoms with Gasteiger partial charge >= 0.3 is 0 Å². The van der Waals surface area contributed by atoms with Crippen molar-refractivity contribution in [3.8, 4) is 23.0 Å². The van der Waals surface area contributed by atoms with Crippen molar-refractivity contribution >= 4 is 11.6 Å². The van der Waals surface area contributed by atoms with E-state index in [0.29, 0.717) is 28.7 Å². The van der Waals surface area contributed by atoms with Crippen LogP contribution in [0, 0.1) is 0 Å². The summed E-state index contributed by atoms with van der Waals surface area (Å²) in [6.45, 7) is 0.148. The smallest absolute Gasteiger partial charge is 0.269 e. The molecule has 1 aliphatic heterocycles. The molecule has 2 aromatic rings. The van der Waals surface area contributed by atoms with E-state index in [1.165, 1.54) is 7.11 Å². The van der Waals surface area contributed by atoms with Gasteiger partial charge in [0.1, 0.15) is 18.1 Å². The number of ether oxygens (including phenoxy) is 4. The number of nitrogens with one attached hydrogen (secondary N) is 1. The first-order chi connectivity index (χ1) is 11.2. The fraction of sp³-hybridized carbons (Fsp3) is 0.235. The number of para-hydroxylation sites is 2. The number of anilines is 1. The highest BCUT2D eigenvalue weighted by Crippen LogP contribution is 2.32. The lowest BCUT2D eigenvalue weighted by Gasteiger charge is -2.25. The van der Waals surface area contributed by atoms with Gasteiger partial charge in [-0.05, 0) is 24.3 Å². The van der Waals surface area contributed by atoms with E-state index < -0.39 is 6.10 Å². The number of benzene rings is 2. The molecule has 0 unspecified atom stereocenters. The number of hydrogen-bond acceptors (Lipinski definition) is 5. The van der Waals surface area contributed by atoms with Crippen LogP contribution in [0.4, 0.5) is 5.69 Å². The number of methoxy groups -OCH3 is 2. The van der Waals surface area contributed by atoms with Crippen molar-refractivity contribution in [3.05, 3.63) is 42.5 Å². The molecule has 1 N–H and O–H groups in total. The van der Waals surface area contributed by atoms with Gasteiger partial charge in [-0.2, -0.15) is 0 Å². The highest BCUT2D eigenvalue weighted by Gasteiger charge is 2.28. The van der Waals surface area contributed by atoms with E-state index in [0.717, 1.165) is 0 Å². The van der Waals surface area contributed by atoms with E-state index in [4.69, 9.17) is 18.9 Å². The Labute approximate surface area is 133 Å². The van der Waals surface area contributed by atoms with Crippen LogP contribution in [0.5, 0.6) is 23.0 Å². The summed E-state index contributed by atoms with van der Waals surface area (Å²) < 4.78 is 21.7. The highest BCUT2D eigenvalue weighted by molar-refractivity contribution is 5.96. The van der Waals surface area contributed by atoms with Crippen LogP contribution in [0.25, 0.3) is 0 Å². The predicted octanol–water partition coefficient (Wildman–Crippen LogP) is 2.48. The Morgan fingerprint density at radius 3 is 2.65 bits per heavy atom. The number of carbonyl (C=O) groups excluding carboxylic acids is 1. The van der Waals surface area contributed by atoms with Crippen LogP contribution in [-0.2, 0) is 4.79 Å². The zero-order chi connectivity index (χ0) is 16.2. The molecule has 3 rings (SSSR count). The second-order valence-corrected chi connectivity index (χ2v) is 4.92. The lowest BCUT2D eigenvalue weighted by molar-refractivity contribution is -0.125. The van der Waals surface area contributed by atoms with Crippen molar-refractivity contribution in [1.82, 2.24) is 0 Å². The number of rotatable bonds is 4. The average molecular weight is 315 g/mol. The molecule has 6 nitrogen and oxygen atoms in total. The van der Waals surface area contributed by atoms with Gasteiger partial charge in [0.05, 0.1) is 19.9 Å². The van der Waals surface area contributed by atoms with Crippen LogP contribution >= 0.6 is 0 Å².